The lowest BCUT2D eigenvalue weighted by Gasteiger charge is -2.35. The minimum atomic E-state index is -0.570. The first kappa shape index (κ1) is 16.2. The van der Waals surface area contributed by atoms with Crippen molar-refractivity contribution >= 4 is 23.2 Å². The van der Waals surface area contributed by atoms with Crippen LogP contribution in [-0.4, -0.2) is 54.4 Å². The third-order valence-electron chi connectivity index (χ3n) is 3.18. The molecule has 1 aliphatic rings. The number of aliphatic hydroxyl groups excluding tert-OH is 1. The Balaban J connectivity index is 1.92. The molecule has 1 aromatic rings. The van der Waals surface area contributed by atoms with Gasteiger partial charge in [0.1, 0.15) is 5.82 Å². The monoisotopic (exact) mass is 316 g/mol. The number of carbonyl (C=O) groups is 1. The number of rotatable bonds is 4. The number of halogens is 2. The van der Waals surface area contributed by atoms with Gasteiger partial charge in [-0.25, -0.2) is 4.39 Å². The zero-order valence-electron chi connectivity index (χ0n) is 11.7. The van der Waals surface area contributed by atoms with Crippen molar-refractivity contribution in [1.29, 1.82) is 0 Å². The van der Waals surface area contributed by atoms with E-state index in [1.807, 2.05) is 11.8 Å². The van der Waals surface area contributed by atoms with Crippen molar-refractivity contribution in [2.24, 2.45) is 0 Å². The van der Waals surface area contributed by atoms with Crippen LogP contribution in [0.5, 0.6) is 0 Å². The van der Waals surface area contributed by atoms with Gasteiger partial charge in [-0.05, 0) is 25.1 Å². The van der Waals surface area contributed by atoms with E-state index in [9.17, 15) is 9.18 Å². The third-order valence-corrected chi connectivity index (χ3v) is 3.41. The van der Waals surface area contributed by atoms with Crippen LogP contribution in [0.2, 0.25) is 5.02 Å². The van der Waals surface area contributed by atoms with Crippen molar-refractivity contribution in [3.05, 3.63) is 29.0 Å². The van der Waals surface area contributed by atoms with Crippen molar-refractivity contribution in [3.8, 4) is 0 Å². The Morgan fingerprint density at radius 3 is 3.00 bits per heavy atom. The fourth-order valence-electron chi connectivity index (χ4n) is 2.35. The van der Waals surface area contributed by atoms with E-state index in [0.717, 1.165) is 6.07 Å². The Hall–Kier alpha value is -1.21. The Morgan fingerprint density at radius 2 is 2.33 bits per heavy atom. The van der Waals surface area contributed by atoms with Gasteiger partial charge in [-0.3, -0.25) is 9.69 Å². The van der Waals surface area contributed by atoms with E-state index in [4.69, 9.17) is 21.4 Å². The van der Waals surface area contributed by atoms with Crippen molar-refractivity contribution in [2.75, 3.05) is 31.6 Å². The second-order valence-electron chi connectivity index (χ2n) is 5.12. The number of aliphatic hydroxyl groups is 1. The van der Waals surface area contributed by atoms with Gasteiger partial charge in [0.05, 0.1) is 31.0 Å². The lowest BCUT2D eigenvalue weighted by molar-refractivity contribution is -0.124. The first-order chi connectivity index (χ1) is 9.97. The van der Waals surface area contributed by atoms with E-state index in [-0.39, 0.29) is 42.0 Å². The zero-order chi connectivity index (χ0) is 15.4. The van der Waals surface area contributed by atoms with Gasteiger partial charge in [-0.2, -0.15) is 0 Å². The zero-order valence-corrected chi connectivity index (χ0v) is 12.4. The lowest BCUT2D eigenvalue weighted by atomic mass is 10.2. The van der Waals surface area contributed by atoms with Crippen LogP contribution in [0, 0.1) is 5.82 Å². The summed E-state index contributed by atoms with van der Waals surface area (Å²) in [6.45, 7) is 2.97. The molecule has 0 saturated carbocycles. The van der Waals surface area contributed by atoms with E-state index >= 15 is 0 Å². The number of carbonyl (C=O) groups excluding carboxylic acids is 1. The predicted octanol–water partition coefficient (Wildman–Crippen LogP) is 1.50. The molecule has 1 amide bonds. The fraction of sp³-hybridized carbons (Fsp3) is 0.500. The number of ether oxygens (including phenoxy) is 1. The molecule has 0 aliphatic carbocycles. The highest BCUT2D eigenvalue weighted by molar-refractivity contribution is 6.30. The molecule has 116 valence electrons. The second-order valence-corrected chi connectivity index (χ2v) is 5.55. The van der Waals surface area contributed by atoms with Crippen LogP contribution < -0.4 is 5.32 Å². The van der Waals surface area contributed by atoms with Gasteiger partial charge in [-0.1, -0.05) is 11.6 Å². The number of benzene rings is 1. The quantitative estimate of drug-likeness (QED) is 0.884. The summed E-state index contributed by atoms with van der Waals surface area (Å²) in [6.07, 6.45) is -0.357. The fourth-order valence-corrected chi connectivity index (χ4v) is 2.51. The maximum absolute atomic E-state index is 13.6. The summed E-state index contributed by atoms with van der Waals surface area (Å²) in [5.74, 6) is -0.888. The first-order valence-corrected chi connectivity index (χ1v) is 7.09. The SMILES string of the molecule is CC1CN(CC(=O)Nc2ccc(Cl)cc2F)CC(CO)O1. The van der Waals surface area contributed by atoms with Crippen LogP contribution in [0.25, 0.3) is 0 Å². The highest BCUT2D eigenvalue weighted by Gasteiger charge is 2.26. The van der Waals surface area contributed by atoms with Crippen LogP contribution in [-0.2, 0) is 9.53 Å². The van der Waals surface area contributed by atoms with Crippen LogP contribution in [0.15, 0.2) is 18.2 Å². The molecule has 0 bridgehead atoms. The number of anilines is 1. The van der Waals surface area contributed by atoms with E-state index in [1.165, 1.54) is 12.1 Å². The number of nitrogens with zero attached hydrogens (tertiary/aromatic N) is 1. The van der Waals surface area contributed by atoms with E-state index in [1.54, 1.807) is 0 Å². The molecule has 1 fully saturated rings. The van der Waals surface area contributed by atoms with Gasteiger partial charge in [0.25, 0.3) is 0 Å². The maximum atomic E-state index is 13.6. The largest absolute Gasteiger partial charge is 0.394 e. The first-order valence-electron chi connectivity index (χ1n) is 6.71. The summed E-state index contributed by atoms with van der Waals surface area (Å²) >= 11 is 5.66. The molecule has 1 aromatic carbocycles. The standard InChI is InChI=1S/C14H18ClFN2O3/c1-9-5-18(6-11(8-19)21-9)7-14(20)17-13-3-2-10(15)4-12(13)16/h2-4,9,11,19H,5-8H2,1H3,(H,17,20). The molecule has 1 saturated heterocycles. The lowest BCUT2D eigenvalue weighted by Crippen LogP contribution is -2.50. The molecule has 0 aromatic heterocycles. The molecule has 2 rings (SSSR count). The van der Waals surface area contributed by atoms with E-state index in [2.05, 4.69) is 5.32 Å². The summed E-state index contributed by atoms with van der Waals surface area (Å²) in [7, 11) is 0. The van der Waals surface area contributed by atoms with Gasteiger partial charge in [-0.15, -0.1) is 0 Å². The molecule has 7 heteroatoms. The normalized spacial score (nSPS) is 23.0. The van der Waals surface area contributed by atoms with Gasteiger partial charge in [0, 0.05) is 18.1 Å². The molecule has 5 nitrogen and oxygen atoms in total. The Bertz CT molecular complexity index is 515. The number of morpholine rings is 1. The van der Waals surface area contributed by atoms with Gasteiger partial charge < -0.3 is 15.2 Å². The van der Waals surface area contributed by atoms with Gasteiger partial charge >= 0.3 is 0 Å². The Labute approximate surface area is 127 Å². The van der Waals surface area contributed by atoms with Crippen LogP contribution >= 0.6 is 11.6 Å². The minimum absolute atomic E-state index is 0.0593. The van der Waals surface area contributed by atoms with Gasteiger partial charge in [0.15, 0.2) is 0 Å². The molecular formula is C14H18ClFN2O3. The smallest absolute Gasteiger partial charge is 0.238 e. The molecule has 1 heterocycles. The van der Waals surface area contributed by atoms with Crippen LogP contribution in [0.4, 0.5) is 10.1 Å². The van der Waals surface area contributed by atoms with E-state index < -0.39 is 5.82 Å². The van der Waals surface area contributed by atoms with Crippen molar-refractivity contribution in [3.63, 3.8) is 0 Å². The molecule has 0 radical (unpaired) electrons. The number of hydrogen-bond donors (Lipinski definition) is 2. The summed E-state index contributed by atoms with van der Waals surface area (Å²) in [5.41, 5.74) is 0.101. The molecule has 1 aliphatic heterocycles. The number of hydrogen-bond acceptors (Lipinski definition) is 4. The van der Waals surface area contributed by atoms with Crippen LogP contribution in [0.1, 0.15) is 6.92 Å². The van der Waals surface area contributed by atoms with Crippen molar-refractivity contribution < 1.29 is 19.0 Å². The Kier molecular flexibility index (Phi) is 5.52. The summed E-state index contributed by atoms with van der Waals surface area (Å²) in [5, 5.41) is 11.9. The highest BCUT2D eigenvalue weighted by Crippen LogP contribution is 2.19. The minimum Gasteiger partial charge on any atom is -0.394 e. The van der Waals surface area contributed by atoms with Crippen molar-refractivity contribution in [2.45, 2.75) is 19.1 Å². The van der Waals surface area contributed by atoms with Crippen LogP contribution in [0.3, 0.4) is 0 Å². The average molecular weight is 317 g/mol. The molecule has 21 heavy (non-hydrogen) atoms. The topological polar surface area (TPSA) is 61.8 Å². The summed E-state index contributed by atoms with van der Waals surface area (Å²) in [6, 6.07) is 4.09. The second kappa shape index (κ2) is 7.17. The number of amides is 1. The Morgan fingerprint density at radius 1 is 1.57 bits per heavy atom. The van der Waals surface area contributed by atoms with Crippen molar-refractivity contribution in [1.82, 2.24) is 4.90 Å². The summed E-state index contributed by atoms with van der Waals surface area (Å²) in [4.78, 5) is 13.8. The predicted molar refractivity (Wildman–Crippen MR) is 77.9 cm³/mol. The molecular weight excluding hydrogens is 299 g/mol. The third kappa shape index (κ3) is 4.64. The molecule has 2 atom stereocenters. The molecule has 2 N–H and O–H groups in total. The highest BCUT2D eigenvalue weighted by atomic mass is 35.5. The summed E-state index contributed by atoms with van der Waals surface area (Å²) < 4.78 is 19.1. The number of nitrogens with one attached hydrogen (secondary N) is 1. The maximum Gasteiger partial charge on any atom is 0.238 e. The average Bonchev–Trinajstić information content (AvgIpc) is 2.41. The molecule has 2 unspecified atom stereocenters. The molecule has 0 spiro atoms. The van der Waals surface area contributed by atoms with E-state index in [0.29, 0.717) is 13.1 Å². The van der Waals surface area contributed by atoms with Gasteiger partial charge in [0.2, 0.25) is 5.91 Å².